The summed E-state index contributed by atoms with van der Waals surface area (Å²) in [4.78, 5) is 28.7. The maximum absolute atomic E-state index is 12.6. The molecule has 0 atom stereocenters. The number of carbonyl (C=O) groups excluding carboxylic acids is 2. The van der Waals surface area contributed by atoms with Gasteiger partial charge in [-0.2, -0.15) is 0 Å². The van der Waals surface area contributed by atoms with Crippen molar-refractivity contribution in [2.75, 3.05) is 33.3 Å². The van der Waals surface area contributed by atoms with Crippen molar-refractivity contribution in [3.05, 3.63) is 64.7 Å². The average Bonchev–Trinajstić information content (AvgIpc) is 2.71. The van der Waals surface area contributed by atoms with Crippen molar-refractivity contribution in [1.29, 1.82) is 0 Å². The van der Waals surface area contributed by atoms with E-state index in [9.17, 15) is 9.59 Å². The van der Waals surface area contributed by atoms with Crippen LogP contribution in [0.4, 0.5) is 0 Å². The molecular weight excluding hydrogens is 364 g/mol. The summed E-state index contributed by atoms with van der Waals surface area (Å²) in [6.45, 7) is 2.19. The summed E-state index contributed by atoms with van der Waals surface area (Å²) in [6.07, 6.45) is 1.13. The molecule has 0 spiro atoms. The third-order valence-electron chi connectivity index (χ3n) is 4.75. The summed E-state index contributed by atoms with van der Waals surface area (Å²) in [5.41, 5.74) is 1.66. The maximum Gasteiger partial charge on any atom is 0.254 e. The zero-order valence-electron chi connectivity index (χ0n) is 15.4. The highest BCUT2D eigenvalue weighted by Crippen LogP contribution is 2.16. The number of carbonyl (C=O) groups is 2. The van der Waals surface area contributed by atoms with Crippen LogP contribution in [0, 0.1) is 0 Å². The standard InChI is InChI=1S/C21H23ClN2O3/c1-27-19-7-2-4-16(14-19)8-9-20(25)23-10-12-24(13-11-23)21(26)17-5-3-6-18(22)15-17/h2-7,14-15H,8-13H2,1H3. The SMILES string of the molecule is COc1cccc(CCC(=O)N2CCN(C(=O)c3cccc(Cl)c3)CC2)c1. The molecule has 1 fully saturated rings. The van der Waals surface area contributed by atoms with E-state index in [2.05, 4.69) is 0 Å². The van der Waals surface area contributed by atoms with Gasteiger partial charge in [0, 0.05) is 43.2 Å². The first-order chi connectivity index (χ1) is 13.1. The Labute approximate surface area is 164 Å². The van der Waals surface area contributed by atoms with Crippen molar-refractivity contribution >= 4 is 23.4 Å². The van der Waals surface area contributed by atoms with Crippen LogP contribution < -0.4 is 4.74 Å². The number of aryl methyl sites for hydroxylation is 1. The van der Waals surface area contributed by atoms with Gasteiger partial charge in [-0.15, -0.1) is 0 Å². The highest BCUT2D eigenvalue weighted by atomic mass is 35.5. The van der Waals surface area contributed by atoms with Gasteiger partial charge >= 0.3 is 0 Å². The van der Waals surface area contributed by atoms with Gasteiger partial charge in [0.25, 0.3) is 5.91 Å². The number of nitrogens with zero attached hydrogens (tertiary/aromatic N) is 2. The predicted molar refractivity (Wildman–Crippen MR) is 105 cm³/mol. The third-order valence-corrected chi connectivity index (χ3v) is 4.99. The fourth-order valence-corrected chi connectivity index (χ4v) is 3.39. The molecule has 0 saturated carbocycles. The number of hydrogen-bond acceptors (Lipinski definition) is 3. The molecule has 0 N–H and O–H groups in total. The summed E-state index contributed by atoms with van der Waals surface area (Å²) in [5, 5.41) is 0.548. The molecule has 1 aliphatic heterocycles. The Morgan fingerprint density at radius 2 is 1.70 bits per heavy atom. The molecule has 0 aromatic heterocycles. The predicted octanol–water partition coefficient (Wildman–Crippen LogP) is 3.27. The Morgan fingerprint density at radius 3 is 2.41 bits per heavy atom. The van der Waals surface area contributed by atoms with E-state index in [4.69, 9.17) is 16.3 Å². The first-order valence-corrected chi connectivity index (χ1v) is 9.40. The van der Waals surface area contributed by atoms with E-state index in [1.807, 2.05) is 29.2 Å². The van der Waals surface area contributed by atoms with E-state index in [1.54, 1.807) is 36.3 Å². The minimum Gasteiger partial charge on any atom is -0.497 e. The monoisotopic (exact) mass is 386 g/mol. The van der Waals surface area contributed by atoms with Crippen LogP contribution in [0.3, 0.4) is 0 Å². The summed E-state index contributed by atoms with van der Waals surface area (Å²) in [6, 6.07) is 14.7. The van der Waals surface area contributed by atoms with Gasteiger partial charge in [0.05, 0.1) is 7.11 Å². The number of halogens is 1. The van der Waals surface area contributed by atoms with Crippen molar-refractivity contribution < 1.29 is 14.3 Å². The van der Waals surface area contributed by atoms with Gasteiger partial charge < -0.3 is 14.5 Å². The van der Waals surface area contributed by atoms with Crippen molar-refractivity contribution in [3.63, 3.8) is 0 Å². The second kappa shape index (κ2) is 8.91. The molecule has 6 heteroatoms. The second-order valence-electron chi connectivity index (χ2n) is 6.53. The first-order valence-electron chi connectivity index (χ1n) is 9.02. The maximum atomic E-state index is 12.6. The number of piperazine rings is 1. The Balaban J connectivity index is 1.49. The van der Waals surface area contributed by atoms with Crippen molar-refractivity contribution in [2.45, 2.75) is 12.8 Å². The van der Waals surface area contributed by atoms with Gasteiger partial charge in [-0.25, -0.2) is 0 Å². The van der Waals surface area contributed by atoms with Crippen LogP contribution in [0.1, 0.15) is 22.3 Å². The normalized spacial score (nSPS) is 14.1. The molecule has 1 aliphatic rings. The lowest BCUT2D eigenvalue weighted by atomic mass is 10.1. The Kier molecular flexibility index (Phi) is 6.35. The quantitative estimate of drug-likeness (QED) is 0.792. The lowest BCUT2D eigenvalue weighted by Crippen LogP contribution is -2.50. The Bertz CT molecular complexity index is 817. The molecule has 5 nitrogen and oxygen atoms in total. The molecule has 0 aliphatic carbocycles. The van der Waals surface area contributed by atoms with Crippen LogP contribution >= 0.6 is 11.6 Å². The lowest BCUT2D eigenvalue weighted by Gasteiger charge is -2.35. The van der Waals surface area contributed by atoms with Crippen LogP contribution in [0.5, 0.6) is 5.75 Å². The van der Waals surface area contributed by atoms with Crippen LogP contribution in [0.25, 0.3) is 0 Å². The zero-order valence-corrected chi connectivity index (χ0v) is 16.1. The number of benzene rings is 2. The lowest BCUT2D eigenvalue weighted by molar-refractivity contribution is -0.132. The summed E-state index contributed by atoms with van der Waals surface area (Å²) >= 11 is 5.97. The molecule has 142 valence electrons. The van der Waals surface area contributed by atoms with Gasteiger partial charge in [0.1, 0.15) is 5.75 Å². The van der Waals surface area contributed by atoms with E-state index in [1.165, 1.54) is 0 Å². The fourth-order valence-electron chi connectivity index (χ4n) is 3.20. The van der Waals surface area contributed by atoms with E-state index < -0.39 is 0 Å². The summed E-state index contributed by atoms with van der Waals surface area (Å²) in [7, 11) is 1.63. The molecule has 27 heavy (non-hydrogen) atoms. The molecule has 0 radical (unpaired) electrons. The highest BCUT2D eigenvalue weighted by Gasteiger charge is 2.24. The molecular formula is C21H23ClN2O3. The van der Waals surface area contributed by atoms with Crippen molar-refractivity contribution in [2.24, 2.45) is 0 Å². The average molecular weight is 387 g/mol. The van der Waals surface area contributed by atoms with E-state index in [0.29, 0.717) is 49.6 Å². The molecule has 2 amide bonds. The fraction of sp³-hybridized carbons (Fsp3) is 0.333. The molecule has 1 heterocycles. The summed E-state index contributed by atoms with van der Waals surface area (Å²) < 4.78 is 5.21. The second-order valence-corrected chi connectivity index (χ2v) is 6.97. The largest absolute Gasteiger partial charge is 0.497 e. The Hall–Kier alpha value is -2.53. The minimum atomic E-state index is -0.0408. The third kappa shape index (κ3) is 5.01. The highest BCUT2D eigenvalue weighted by molar-refractivity contribution is 6.30. The number of hydrogen-bond donors (Lipinski definition) is 0. The van der Waals surface area contributed by atoms with Crippen LogP contribution in [-0.2, 0) is 11.2 Å². The number of amides is 2. The molecule has 2 aromatic rings. The molecule has 3 rings (SSSR count). The van der Waals surface area contributed by atoms with E-state index in [0.717, 1.165) is 11.3 Å². The topological polar surface area (TPSA) is 49.9 Å². The summed E-state index contributed by atoms with van der Waals surface area (Å²) in [5.74, 6) is 0.877. The van der Waals surface area contributed by atoms with Gasteiger partial charge in [-0.1, -0.05) is 29.8 Å². The van der Waals surface area contributed by atoms with Crippen LogP contribution in [0.2, 0.25) is 5.02 Å². The molecule has 1 saturated heterocycles. The number of methoxy groups -OCH3 is 1. The molecule has 0 unspecified atom stereocenters. The molecule has 0 bridgehead atoms. The van der Waals surface area contributed by atoms with E-state index in [-0.39, 0.29) is 11.8 Å². The van der Waals surface area contributed by atoms with Crippen LogP contribution in [0.15, 0.2) is 48.5 Å². The van der Waals surface area contributed by atoms with Gasteiger partial charge in [-0.3, -0.25) is 9.59 Å². The van der Waals surface area contributed by atoms with Crippen molar-refractivity contribution in [1.82, 2.24) is 9.80 Å². The molecule has 2 aromatic carbocycles. The van der Waals surface area contributed by atoms with Gasteiger partial charge in [0.2, 0.25) is 5.91 Å². The smallest absolute Gasteiger partial charge is 0.254 e. The van der Waals surface area contributed by atoms with E-state index >= 15 is 0 Å². The van der Waals surface area contributed by atoms with Gasteiger partial charge in [-0.05, 0) is 42.3 Å². The first kappa shape index (κ1) is 19.2. The number of rotatable bonds is 5. The minimum absolute atomic E-state index is 0.0408. The van der Waals surface area contributed by atoms with Crippen molar-refractivity contribution in [3.8, 4) is 5.75 Å². The zero-order chi connectivity index (χ0) is 19.2. The van der Waals surface area contributed by atoms with Gasteiger partial charge in [0.15, 0.2) is 0 Å². The Morgan fingerprint density at radius 1 is 1.00 bits per heavy atom. The van der Waals surface area contributed by atoms with Crippen LogP contribution in [-0.4, -0.2) is 54.9 Å². The number of ether oxygens (including phenoxy) is 1.